The summed E-state index contributed by atoms with van der Waals surface area (Å²) >= 11 is 0. The van der Waals surface area contributed by atoms with Gasteiger partial charge in [0.1, 0.15) is 17.2 Å². The van der Waals surface area contributed by atoms with Crippen LogP contribution in [0.3, 0.4) is 0 Å². The topological polar surface area (TPSA) is 82.1 Å². The molecule has 1 atom stereocenters. The second-order valence-corrected chi connectivity index (χ2v) is 9.59. The first kappa shape index (κ1) is 25.2. The third-order valence-electron chi connectivity index (χ3n) is 4.49. The Bertz CT molecular complexity index is 942. The number of ether oxygens (including phenoxy) is 3. The van der Waals surface area contributed by atoms with Crippen LogP contribution in [0.5, 0.6) is 0 Å². The van der Waals surface area contributed by atoms with Gasteiger partial charge in [0.05, 0.1) is 7.11 Å². The van der Waals surface area contributed by atoms with Crippen molar-refractivity contribution in [1.29, 1.82) is 0 Å². The molecule has 0 saturated heterocycles. The van der Waals surface area contributed by atoms with Crippen LogP contribution in [0.25, 0.3) is 10.8 Å². The average Bonchev–Trinajstić information content (AvgIpc) is 2.67. The zero-order valence-electron chi connectivity index (χ0n) is 19.9. The van der Waals surface area contributed by atoms with Gasteiger partial charge in [0.15, 0.2) is 0 Å². The van der Waals surface area contributed by atoms with Crippen molar-refractivity contribution < 1.29 is 28.6 Å². The first-order valence-electron chi connectivity index (χ1n) is 10.6. The van der Waals surface area contributed by atoms with E-state index in [9.17, 15) is 14.4 Å². The summed E-state index contributed by atoms with van der Waals surface area (Å²) in [5.74, 6) is -0.720. The highest BCUT2D eigenvalue weighted by atomic mass is 16.6. The minimum absolute atomic E-state index is 0.156. The molecular formula is C25H33NO6. The number of rotatable bonds is 5. The molecule has 1 unspecified atom stereocenters. The Morgan fingerprint density at radius 3 is 1.88 bits per heavy atom. The second kappa shape index (κ2) is 10.0. The minimum atomic E-state index is -1.20. The number of carbonyl (C=O) groups excluding carboxylic acids is 3. The zero-order chi connectivity index (χ0) is 24.1. The molecular weight excluding hydrogens is 410 g/mol. The summed E-state index contributed by atoms with van der Waals surface area (Å²) < 4.78 is 15.7. The quantitative estimate of drug-likeness (QED) is 0.449. The molecule has 0 spiro atoms. The smallest absolute Gasteiger partial charge is 0.420 e. The van der Waals surface area contributed by atoms with E-state index in [2.05, 4.69) is 0 Å². The highest BCUT2D eigenvalue weighted by molar-refractivity contribution is 5.94. The molecule has 7 heteroatoms. The number of amides is 2. The Labute approximate surface area is 189 Å². The fraction of sp³-hybridized carbons (Fsp3) is 0.480. The molecule has 0 bridgehead atoms. The van der Waals surface area contributed by atoms with E-state index in [4.69, 9.17) is 14.2 Å². The van der Waals surface area contributed by atoms with E-state index < -0.39 is 35.4 Å². The molecule has 0 heterocycles. The van der Waals surface area contributed by atoms with Crippen LogP contribution >= 0.6 is 0 Å². The number of hydrogen-bond donors (Lipinski definition) is 0. The molecule has 32 heavy (non-hydrogen) atoms. The molecule has 0 fully saturated rings. The lowest BCUT2D eigenvalue weighted by atomic mass is 10.0. The maximum atomic E-state index is 12.9. The number of carbonyl (C=O) groups is 3. The predicted molar refractivity (Wildman–Crippen MR) is 122 cm³/mol. The van der Waals surface area contributed by atoms with Crippen molar-refractivity contribution in [1.82, 2.24) is 4.90 Å². The van der Waals surface area contributed by atoms with Crippen LogP contribution in [-0.4, -0.2) is 47.4 Å². The number of benzene rings is 2. The van der Waals surface area contributed by atoms with Crippen LogP contribution in [0.4, 0.5) is 9.59 Å². The van der Waals surface area contributed by atoms with Crippen LogP contribution in [0.15, 0.2) is 42.5 Å². The number of aryl methyl sites for hydroxylation is 1. The van der Waals surface area contributed by atoms with Crippen LogP contribution in [-0.2, 0) is 25.4 Å². The second-order valence-electron chi connectivity index (χ2n) is 9.59. The highest BCUT2D eigenvalue weighted by Gasteiger charge is 2.40. The molecule has 7 nitrogen and oxygen atoms in total. The predicted octanol–water partition coefficient (Wildman–Crippen LogP) is 5.49. The standard InChI is InChI=1S/C25H33NO6/c1-24(2,3)31-22(28)26(23(29)32-25(4,5)6)20(21(27)30-7)15-13-17-12-14-18-10-8-9-11-19(18)16-17/h8-12,14,16,20H,13,15H2,1-7H3. The van der Waals surface area contributed by atoms with E-state index in [1.807, 2.05) is 42.5 Å². The lowest BCUT2D eigenvalue weighted by molar-refractivity contribution is -0.146. The zero-order valence-corrected chi connectivity index (χ0v) is 19.9. The van der Waals surface area contributed by atoms with Crippen molar-refractivity contribution in [2.24, 2.45) is 0 Å². The Kier molecular flexibility index (Phi) is 7.88. The monoisotopic (exact) mass is 443 g/mol. The van der Waals surface area contributed by atoms with Crippen molar-refractivity contribution in [3.8, 4) is 0 Å². The van der Waals surface area contributed by atoms with Gasteiger partial charge in [0.2, 0.25) is 0 Å². The fourth-order valence-corrected chi connectivity index (χ4v) is 3.14. The molecule has 0 aliphatic carbocycles. The maximum Gasteiger partial charge on any atom is 0.420 e. The summed E-state index contributed by atoms with van der Waals surface area (Å²) in [5.41, 5.74) is -0.766. The van der Waals surface area contributed by atoms with Gasteiger partial charge in [-0.25, -0.2) is 14.4 Å². The van der Waals surface area contributed by atoms with Gasteiger partial charge in [-0.05, 0) is 70.7 Å². The number of fused-ring (bicyclic) bond motifs is 1. The molecule has 0 saturated carbocycles. The van der Waals surface area contributed by atoms with Crippen molar-refractivity contribution in [3.05, 3.63) is 48.0 Å². The highest BCUT2D eigenvalue weighted by Crippen LogP contribution is 2.22. The largest absolute Gasteiger partial charge is 0.467 e. The summed E-state index contributed by atoms with van der Waals surface area (Å²) in [5, 5.41) is 2.17. The molecule has 174 valence electrons. The van der Waals surface area contributed by atoms with E-state index in [0.29, 0.717) is 6.42 Å². The lowest BCUT2D eigenvalue weighted by Crippen LogP contribution is -2.52. The molecule has 2 aromatic rings. The summed E-state index contributed by atoms with van der Waals surface area (Å²) in [6.45, 7) is 10.1. The number of imide groups is 1. The van der Waals surface area contributed by atoms with E-state index in [1.165, 1.54) is 7.11 Å². The average molecular weight is 444 g/mol. The summed E-state index contributed by atoms with van der Waals surface area (Å²) in [6.07, 6.45) is -1.32. The first-order valence-corrected chi connectivity index (χ1v) is 10.6. The Balaban J connectivity index is 2.34. The van der Waals surface area contributed by atoms with Crippen LogP contribution in [0.1, 0.15) is 53.5 Å². The normalized spacial score (nSPS) is 12.7. The van der Waals surface area contributed by atoms with Crippen LogP contribution in [0, 0.1) is 0 Å². The van der Waals surface area contributed by atoms with Crippen molar-refractivity contribution >= 4 is 28.9 Å². The summed E-state index contributed by atoms with van der Waals surface area (Å²) in [4.78, 5) is 39.2. The maximum absolute atomic E-state index is 12.9. The molecule has 0 aliphatic rings. The SMILES string of the molecule is COC(=O)C(CCc1ccc2ccccc2c1)N(C(=O)OC(C)(C)C)C(=O)OC(C)(C)C. The van der Waals surface area contributed by atoms with E-state index >= 15 is 0 Å². The number of esters is 1. The van der Waals surface area contributed by atoms with Gasteiger partial charge >= 0.3 is 18.2 Å². The van der Waals surface area contributed by atoms with E-state index in [1.54, 1.807) is 41.5 Å². The number of hydrogen-bond acceptors (Lipinski definition) is 6. The van der Waals surface area contributed by atoms with Gasteiger partial charge in [-0.3, -0.25) is 0 Å². The van der Waals surface area contributed by atoms with Crippen molar-refractivity contribution in [2.75, 3.05) is 7.11 Å². The van der Waals surface area contributed by atoms with Crippen molar-refractivity contribution in [2.45, 2.75) is 71.6 Å². The Morgan fingerprint density at radius 1 is 0.844 bits per heavy atom. The van der Waals surface area contributed by atoms with Gasteiger partial charge in [0, 0.05) is 0 Å². The van der Waals surface area contributed by atoms with E-state index in [-0.39, 0.29) is 6.42 Å². The van der Waals surface area contributed by atoms with Crippen LogP contribution in [0.2, 0.25) is 0 Å². The molecule has 0 aliphatic heterocycles. The van der Waals surface area contributed by atoms with Crippen molar-refractivity contribution in [3.63, 3.8) is 0 Å². The molecule has 2 rings (SSSR count). The van der Waals surface area contributed by atoms with Gasteiger partial charge in [0.25, 0.3) is 0 Å². The molecule has 0 aromatic heterocycles. The molecule has 0 N–H and O–H groups in total. The fourth-order valence-electron chi connectivity index (χ4n) is 3.14. The van der Waals surface area contributed by atoms with Gasteiger partial charge < -0.3 is 14.2 Å². The molecule has 0 radical (unpaired) electrons. The third-order valence-corrected chi connectivity index (χ3v) is 4.49. The van der Waals surface area contributed by atoms with Crippen LogP contribution < -0.4 is 0 Å². The number of methoxy groups -OCH3 is 1. The Morgan fingerprint density at radius 2 is 1.38 bits per heavy atom. The van der Waals surface area contributed by atoms with Gasteiger partial charge in [-0.15, -0.1) is 0 Å². The number of nitrogens with zero attached hydrogens (tertiary/aromatic N) is 1. The summed E-state index contributed by atoms with van der Waals surface area (Å²) in [6, 6.07) is 12.7. The molecule has 2 amide bonds. The third kappa shape index (κ3) is 7.25. The molecule has 2 aromatic carbocycles. The van der Waals surface area contributed by atoms with Gasteiger partial charge in [-0.1, -0.05) is 42.5 Å². The van der Waals surface area contributed by atoms with E-state index in [0.717, 1.165) is 21.2 Å². The lowest BCUT2D eigenvalue weighted by Gasteiger charge is -2.32. The van der Waals surface area contributed by atoms with Gasteiger partial charge in [-0.2, -0.15) is 4.90 Å². The first-order chi connectivity index (χ1) is 14.8. The Hall–Kier alpha value is -3.09. The summed E-state index contributed by atoms with van der Waals surface area (Å²) in [7, 11) is 1.22. The minimum Gasteiger partial charge on any atom is -0.467 e.